The molecule has 1 aliphatic carbocycles. The van der Waals surface area contributed by atoms with E-state index in [4.69, 9.17) is 0 Å². The van der Waals surface area contributed by atoms with Crippen LogP contribution in [0.3, 0.4) is 0 Å². The Morgan fingerprint density at radius 2 is 1.75 bits per heavy atom. The molecular formula is C18H13NO. The monoisotopic (exact) mass is 259 g/mol. The van der Waals surface area contributed by atoms with E-state index in [-0.39, 0.29) is 5.78 Å². The van der Waals surface area contributed by atoms with E-state index in [9.17, 15) is 4.79 Å². The zero-order chi connectivity index (χ0) is 13.5. The van der Waals surface area contributed by atoms with Crippen LogP contribution < -0.4 is 0 Å². The lowest BCUT2D eigenvalue weighted by atomic mass is 9.97. The molecule has 0 spiro atoms. The average molecular weight is 259 g/mol. The first-order valence-electron chi connectivity index (χ1n) is 6.83. The van der Waals surface area contributed by atoms with Gasteiger partial charge in [-0.15, -0.1) is 0 Å². The first-order chi connectivity index (χ1) is 9.83. The molecule has 0 fully saturated rings. The van der Waals surface area contributed by atoms with Crippen LogP contribution in [-0.2, 0) is 6.42 Å². The minimum Gasteiger partial charge on any atom is -0.294 e. The third-order valence-corrected chi connectivity index (χ3v) is 3.98. The van der Waals surface area contributed by atoms with E-state index in [2.05, 4.69) is 23.2 Å². The number of fused-ring (bicyclic) bond motifs is 2. The third kappa shape index (κ3) is 1.65. The van der Waals surface area contributed by atoms with Crippen molar-refractivity contribution in [3.63, 3.8) is 0 Å². The van der Waals surface area contributed by atoms with Crippen LogP contribution in [0.1, 0.15) is 22.3 Å². The number of pyridine rings is 1. The van der Waals surface area contributed by atoms with Crippen LogP contribution in [0.5, 0.6) is 0 Å². The second kappa shape index (κ2) is 4.27. The van der Waals surface area contributed by atoms with Gasteiger partial charge in [0.05, 0.1) is 5.52 Å². The van der Waals surface area contributed by atoms with E-state index in [1.165, 1.54) is 5.56 Å². The number of para-hydroxylation sites is 1. The predicted molar refractivity (Wildman–Crippen MR) is 79.8 cm³/mol. The van der Waals surface area contributed by atoms with Crippen molar-refractivity contribution >= 4 is 16.7 Å². The number of hydrogen-bond acceptors (Lipinski definition) is 2. The molecule has 0 aliphatic heterocycles. The second-order valence-corrected chi connectivity index (χ2v) is 5.17. The maximum Gasteiger partial charge on any atom is 0.163 e. The molecule has 0 N–H and O–H groups in total. The van der Waals surface area contributed by atoms with Gasteiger partial charge in [-0.25, -0.2) is 0 Å². The van der Waals surface area contributed by atoms with Gasteiger partial charge >= 0.3 is 0 Å². The molecule has 2 aromatic carbocycles. The summed E-state index contributed by atoms with van der Waals surface area (Å²) in [6, 6.07) is 16.2. The van der Waals surface area contributed by atoms with Gasteiger partial charge < -0.3 is 0 Å². The van der Waals surface area contributed by atoms with Crippen LogP contribution in [0.4, 0.5) is 0 Å². The van der Waals surface area contributed by atoms with Crippen LogP contribution in [-0.4, -0.2) is 10.8 Å². The van der Waals surface area contributed by atoms with Crippen molar-refractivity contribution in [1.82, 2.24) is 4.98 Å². The number of benzene rings is 2. The van der Waals surface area contributed by atoms with Gasteiger partial charge in [0.15, 0.2) is 5.78 Å². The van der Waals surface area contributed by atoms with Gasteiger partial charge in [0, 0.05) is 29.1 Å². The molecule has 1 aromatic heterocycles. The number of ketones is 1. The molecule has 2 heteroatoms. The lowest BCUT2D eigenvalue weighted by molar-refractivity contribution is 0.0994. The summed E-state index contributed by atoms with van der Waals surface area (Å²) in [5.41, 5.74) is 5.30. The second-order valence-electron chi connectivity index (χ2n) is 5.17. The molecule has 2 nitrogen and oxygen atoms in total. The first kappa shape index (κ1) is 11.4. The number of hydrogen-bond donors (Lipinski definition) is 0. The van der Waals surface area contributed by atoms with E-state index in [1.54, 1.807) is 0 Å². The highest BCUT2D eigenvalue weighted by molar-refractivity contribution is 6.02. The summed E-state index contributed by atoms with van der Waals surface area (Å²) >= 11 is 0. The molecule has 96 valence electrons. The van der Waals surface area contributed by atoms with Gasteiger partial charge in [0.1, 0.15) is 0 Å². The fraction of sp³-hybridized carbons (Fsp3) is 0.111. The highest BCUT2D eigenvalue weighted by Crippen LogP contribution is 2.33. The minimum atomic E-state index is 0.260. The van der Waals surface area contributed by atoms with Crippen molar-refractivity contribution in [1.29, 1.82) is 0 Å². The van der Waals surface area contributed by atoms with Crippen molar-refractivity contribution < 1.29 is 4.79 Å². The zero-order valence-electron chi connectivity index (χ0n) is 11.0. The molecule has 3 aromatic rings. The number of rotatable bonds is 1. The molecule has 20 heavy (non-hydrogen) atoms. The van der Waals surface area contributed by atoms with Crippen LogP contribution >= 0.6 is 0 Å². The lowest BCUT2D eigenvalue weighted by Crippen LogP contribution is -1.92. The Bertz CT molecular complexity index is 836. The molecule has 0 saturated carbocycles. The van der Waals surface area contributed by atoms with Gasteiger partial charge in [0.25, 0.3) is 0 Å². The summed E-state index contributed by atoms with van der Waals surface area (Å²) in [7, 11) is 0. The van der Waals surface area contributed by atoms with Crippen LogP contribution in [0.15, 0.2) is 54.7 Å². The van der Waals surface area contributed by atoms with Gasteiger partial charge in [-0.1, -0.05) is 36.4 Å². The molecule has 4 rings (SSSR count). The lowest BCUT2D eigenvalue weighted by Gasteiger charge is -2.08. The first-order valence-corrected chi connectivity index (χ1v) is 6.83. The zero-order valence-corrected chi connectivity index (χ0v) is 11.0. The quantitative estimate of drug-likeness (QED) is 0.660. The molecule has 0 atom stereocenters. The Morgan fingerprint density at radius 1 is 0.900 bits per heavy atom. The highest BCUT2D eigenvalue weighted by atomic mass is 16.1. The minimum absolute atomic E-state index is 0.260. The summed E-state index contributed by atoms with van der Waals surface area (Å²) in [5.74, 6) is 0.260. The fourth-order valence-electron chi connectivity index (χ4n) is 2.98. The van der Waals surface area contributed by atoms with E-state index in [1.807, 2.05) is 36.5 Å². The standard InChI is InChI=1S/C18H13NO/c20-18-9-8-15-14(5-3-6-16(15)18)13-10-12-4-1-2-7-17(12)19-11-13/h1-7,10-11H,8-9H2. The average Bonchev–Trinajstić information content (AvgIpc) is 2.88. The number of nitrogens with zero attached hydrogens (tertiary/aromatic N) is 1. The molecule has 0 radical (unpaired) electrons. The summed E-state index contributed by atoms with van der Waals surface area (Å²) in [6.07, 6.45) is 3.38. The Hall–Kier alpha value is -2.48. The van der Waals surface area contributed by atoms with Gasteiger partial charge in [-0.05, 0) is 29.7 Å². The van der Waals surface area contributed by atoms with Gasteiger partial charge in [0.2, 0.25) is 0 Å². The SMILES string of the molecule is O=C1CCc2c1cccc2-c1cnc2ccccc2c1. The number of aromatic nitrogens is 1. The summed E-state index contributed by atoms with van der Waals surface area (Å²) in [6.45, 7) is 0. The predicted octanol–water partition coefficient (Wildman–Crippen LogP) is 4.03. The van der Waals surface area contributed by atoms with Crippen molar-refractivity contribution in [2.75, 3.05) is 0 Å². The molecule has 0 unspecified atom stereocenters. The number of Topliss-reactive ketones (excluding diaryl/α,β-unsaturated/α-hetero) is 1. The molecule has 1 heterocycles. The number of carbonyl (C=O) groups excluding carboxylic acids is 1. The molecule has 0 amide bonds. The third-order valence-electron chi connectivity index (χ3n) is 3.98. The molecule has 0 saturated heterocycles. The van der Waals surface area contributed by atoms with Crippen LogP contribution in [0.25, 0.3) is 22.0 Å². The summed E-state index contributed by atoms with van der Waals surface area (Å²) in [5, 5.41) is 1.13. The number of carbonyl (C=O) groups is 1. The fourth-order valence-corrected chi connectivity index (χ4v) is 2.98. The smallest absolute Gasteiger partial charge is 0.163 e. The topological polar surface area (TPSA) is 30.0 Å². The van der Waals surface area contributed by atoms with Crippen LogP contribution in [0, 0.1) is 0 Å². The Morgan fingerprint density at radius 3 is 2.70 bits per heavy atom. The normalized spacial score (nSPS) is 13.7. The van der Waals surface area contributed by atoms with Crippen molar-refractivity contribution in [3.05, 3.63) is 65.9 Å². The molecular weight excluding hydrogens is 246 g/mol. The van der Waals surface area contributed by atoms with E-state index in [0.29, 0.717) is 6.42 Å². The maximum atomic E-state index is 11.8. The van der Waals surface area contributed by atoms with Crippen molar-refractivity contribution in [2.24, 2.45) is 0 Å². The van der Waals surface area contributed by atoms with Crippen molar-refractivity contribution in [3.8, 4) is 11.1 Å². The van der Waals surface area contributed by atoms with E-state index in [0.717, 1.165) is 34.0 Å². The Balaban J connectivity index is 1.94. The highest BCUT2D eigenvalue weighted by Gasteiger charge is 2.22. The van der Waals surface area contributed by atoms with E-state index < -0.39 is 0 Å². The van der Waals surface area contributed by atoms with E-state index >= 15 is 0 Å². The van der Waals surface area contributed by atoms with Gasteiger partial charge in [-0.2, -0.15) is 0 Å². The molecule has 0 bridgehead atoms. The van der Waals surface area contributed by atoms with Crippen LogP contribution in [0.2, 0.25) is 0 Å². The summed E-state index contributed by atoms with van der Waals surface area (Å²) in [4.78, 5) is 16.4. The maximum absolute atomic E-state index is 11.8. The Kier molecular flexibility index (Phi) is 2.43. The summed E-state index contributed by atoms with van der Waals surface area (Å²) < 4.78 is 0. The van der Waals surface area contributed by atoms with Crippen molar-refractivity contribution in [2.45, 2.75) is 12.8 Å². The Labute approximate surface area is 117 Å². The largest absolute Gasteiger partial charge is 0.294 e. The van der Waals surface area contributed by atoms with Gasteiger partial charge in [-0.3, -0.25) is 9.78 Å². The molecule has 1 aliphatic rings.